The van der Waals surface area contributed by atoms with Gasteiger partial charge < -0.3 is 25.4 Å². The highest BCUT2D eigenvalue weighted by molar-refractivity contribution is 5.99. The van der Waals surface area contributed by atoms with Crippen molar-refractivity contribution >= 4 is 23.4 Å². The third kappa shape index (κ3) is 7.10. The number of hydrogen-bond acceptors (Lipinski definition) is 5. The van der Waals surface area contributed by atoms with Gasteiger partial charge >= 0.3 is 0 Å². The van der Waals surface area contributed by atoms with E-state index in [1.165, 1.54) is 26.4 Å². The van der Waals surface area contributed by atoms with Gasteiger partial charge in [0.15, 0.2) is 0 Å². The highest BCUT2D eigenvalue weighted by Crippen LogP contribution is 2.44. The lowest BCUT2D eigenvalue weighted by atomic mass is 9.91. The normalized spacial score (nSPS) is 24.0. The van der Waals surface area contributed by atoms with E-state index in [0.717, 1.165) is 30.7 Å². The van der Waals surface area contributed by atoms with Crippen LogP contribution in [0, 0.1) is 17.8 Å². The number of piperidine rings is 1. The Bertz CT molecular complexity index is 1230. The Morgan fingerprint density at radius 1 is 1.10 bits per heavy atom. The van der Waals surface area contributed by atoms with Crippen LogP contribution in [0.3, 0.4) is 0 Å². The van der Waals surface area contributed by atoms with Crippen LogP contribution < -0.4 is 20.3 Å². The number of rotatable bonds is 11. The van der Waals surface area contributed by atoms with Crippen LogP contribution in [0.4, 0.5) is 5.69 Å². The van der Waals surface area contributed by atoms with E-state index < -0.39 is 18.1 Å². The summed E-state index contributed by atoms with van der Waals surface area (Å²) in [4.78, 5) is 40.9. The molecular weight excluding hydrogens is 518 g/mol. The zero-order valence-electron chi connectivity index (χ0n) is 24.2. The van der Waals surface area contributed by atoms with E-state index >= 15 is 0 Å². The molecule has 6 atom stereocenters. The molecule has 0 aromatic heterocycles. The fourth-order valence-corrected chi connectivity index (χ4v) is 6.85. The zero-order valence-corrected chi connectivity index (χ0v) is 24.2. The Labute approximate surface area is 242 Å². The first-order chi connectivity index (χ1) is 19.8. The smallest absolute Gasteiger partial charge is 0.251 e. The highest BCUT2D eigenvalue weighted by atomic mass is 16.5. The molecule has 8 nitrogen and oxygen atoms in total. The van der Waals surface area contributed by atoms with E-state index in [4.69, 9.17) is 4.74 Å². The van der Waals surface area contributed by atoms with Crippen molar-refractivity contribution in [2.75, 3.05) is 18.6 Å². The average molecular weight is 562 g/mol. The van der Waals surface area contributed by atoms with Gasteiger partial charge in [-0.2, -0.15) is 0 Å². The fraction of sp³-hybridized carbons (Fsp3) is 0.545. The van der Waals surface area contributed by atoms with E-state index in [9.17, 15) is 19.5 Å². The average Bonchev–Trinajstić information content (AvgIpc) is 3.61. The molecule has 2 bridgehead atoms. The third-order valence-electron chi connectivity index (χ3n) is 9.21. The second-order valence-corrected chi connectivity index (χ2v) is 12.2. The molecule has 3 amide bonds. The Kier molecular flexibility index (Phi) is 9.28. The number of amides is 3. The predicted molar refractivity (Wildman–Crippen MR) is 158 cm³/mol. The van der Waals surface area contributed by atoms with Crippen LogP contribution in [0.15, 0.2) is 48.5 Å². The van der Waals surface area contributed by atoms with Crippen molar-refractivity contribution < 1.29 is 24.2 Å². The second kappa shape index (κ2) is 13.1. The van der Waals surface area contributed by atoms with Crippen molar-refractivity contribution in [3.8, 4) is 5.75 Å². The summed E-state index contributed by atoms with van der Waals surface area (Å²) >= 11 is 0. The molecule has 2 aromatic rings. The van der Waals surface area contributed by atoms with Gasteiger partial charge in [-0.15, -0.1) is 0 Å². The predicted octanol–water partition coefficient (Wildman–Crippen LogP) is 4.25. The Balaban J connectivity index is 1.29. The Hall–Kier alpha value is -3.39. The molecule has 8 heteroatoms. The standard InChI is InChI=1S/C33H43N3O5/c1-21(32(39)34-28-17-23-11-12-24(28)15-23)14-30(37)29(16-22-8-4-3-5-9-22)35-33(40)25-18-26(20-27(19-25)41-2)36-13-7-6-10-31(36)38/h3-5,8-9,18-21,23-24,28-30,37H,6-7,10-17H2,1-2H3,(H,34,39)(H,35,40). The number of nitrogens with one attached hydrogen (secondary N) is 2. The van der Waals surface area contributed by atoms with Crippen molar-refractivity contribution in [1.29, 1.82) is 0 Å². The minimum absolute atomic E-state index is 0.0324. The summed E-state index contributed by atoms with van der Waals surface area (Å²) in [5.74, 6) is 1.04. The first-order valence-corrected chi connectivity index (χ1v) is 15.1. The molecule has 3 aliphatic rings. The van der Waals surface area contributed by atoms with Crippen molar-refractivity contribution in [3.05, 3.63) is 59.7 Å². The van der Waals surface area contributed by atoms with Gasteiger partial charge in [0.1, 0.15) is 5.75 Å². The minimum atomic E-state index is -0.936. The molecule has 0 radical (unpaired) electrons. The van der Waals surface area contributed by atoms with Crippen LogP contribution in [0.5, 0.6) is 5.75 Å². The summed E-state index contributed by atoms with van der Waals surface area (Å²) in [6.07, 6.45) is 6.70. The van der Waals surface area contributed by atoms with Crippen molar-refractivity contribution in [2.45, 2.75) is 82.9 Å². The molecule has 3 N–H and O–H groups in total. The van der Waals surface area contributed by atoms with Gasteiger partial charge in [-0.25, -0.2) is 0 Å². The van der Waals surface area contributed by atoms with Gasteiger partial charge in [0.2, 0.25) is 11.8 Å². The third-order valence-corrected chi connectivity index (χ3v) is 9.21. The number of carbonyl (C=O) groups is 3. The van der Waals surface area contributed by atoms with Gasteiger partial charge in [0, 0.05) is 42.2 Å². The first-order valence-electron chi connectivity index (χ1n) is 15.1. The Morgan fingerprint density at radius 2 is 1.90 bits per heavy atom. The number of benzene rings is 2. The number of hydrogen-bond donors (Lipinski definition) is 3. The summed E-state index contributed by atoms with van der Waals surface area (Å²) in [7, 11) is 1.53. The number of aliphatic hydroxyl groups excluding tert-OH is 1. The second-order valence-electron chi connectivity index (χ2n) is 12.2. The van der Waals surface area contributed by atoms with Crippen LogP contribution in [0.2, 0.25) is 0 Å². The molecule has 1 aliphatic heterocycles. The number of nitrogens with zero attached hydrogens (tertiary/aromatic N) is 1. The summed E-state index contributed by atoms with van der Waals surface area (Å²) in [6, 6.07) is 14.5. The van der Waals surface area contributed by atoms with Gasteiger partial charge in [-0.1, -0.05) is 43.7 Å². The van der Waals surface area contributed by atoms with Crippen molar-refractivity contribution in [2.24, 2.45) is 17.8 Å². The highest BCUT2D eigenvalue weighted by Gasteiger charge is 2.40. The lowest BCUT2D eigenvalue weighted by Gasteiger charge is -2.29. The summed E-state index contributed by atoms with van der Waals surface area (Å²) < 4.78 is 5.46. The van der Waals surface area contributed by atoms with Gasteiger partial charge in [-0.3, -0.25) is 14.4 Å². The van der Waals surface area contributed by atoms with Crippen LogP contribution in [0.25, 0.3) is 0 Å². The number of fused-ring (bicyclic) bond motifs is 2. The van der Waals surface area contributed by atoms with E-state index in [2.05, 4.69) is 10.6 Å². The van der Waals surface area contributed by atoms with Crippen LogP contribution >= 0.6 is 0 Å². The minimum Gasteiger partial charge on any atom is -0.497 e. The van der Waals surface area contributed by atoms with E-state index in [-0.39, 0.29) is 30.2 Å². The van der Waals surface area contributed by atoms with Gasteiger partial charge in [0.25, 0.3) is 5.91 Å². The number of carbonyl (C=O) groups excluding carboxylic acids is 3. The lowest BCUT2D eigenvalue weighted by Crippen LogP contribution is -2.47. The van der Waals surface area contributed by atoms with Crippen LogP contribution in [-0.2, 0) is 16.0 Å². The molecule has 2 saturated carbocycles. The topological polar surface area (TPSA) is 108 Å². The molecule has 6 unspecified atom stereocenters. The van der Waals surface area contributed by atoms with Crippen molar-refractivity contribution in [1.82, 2.24) is 10.6 Å². The monoisotopic (exact) mass is 561 g/mol. The summed E-state index contributed by atoms with van der Waals surface area (Å²) in [5, 5.41) is 17.6. The van der Waals surface area contributed by atoms with E-state index in [1.807, 2.05) is 37.3 Å². The number of ether oxygens (including phenoxy) is 1. The summed E-state index contributed by atoms with van der Waals surface area (Å²) in [6.45, 7) is 2.45. The maximum absolute atomic E-state index is 13.6. The molecule has 41 heavy (non-hydrogen) atoms. The molecule has 2 aromatic carbocycles. The lowest BCUT2D eigenvalue weighted by molar-refractivity contribution is -0.126. The molecular formula is C33H43N3O5. The number of methoxy groups -OCH3 is 1. The van der Waals surface area contributed by atoms with Crippen molar-refractivity contribution in [3.63, 3.8) is 0 Å². The Morgan fingerprint density at radius 3 is 2.59 bits per heavy atom. The molecule has 220 valence electrons. The number of aliphatic hydroxyl groups is 1. The maximum Gasteiger partial charge on any atom is 0.251 e. The van der Waals surface area contributed by atoms with E-state index in [0.29, 0.717) is 42.3 Å². The van der Waals surface area contributed by atoms with E-state index in [1.54, 1.807) is 23.1 Å². The summed E-state index contributed by atoms with van der Waals surface area (Å²) in [5.41, 5.74) is 1.96. The van der Waals surface area contributed by atoms with Gasteiger partial charge in [0.05, 0.1) is 19.3 Å². The molecule has 3 fully saturated rings. The van der Waals surface area contributed by atoms with Gasteiger partial charge in [-0.05, 0) is 74.5 Å². The zero-order chi connectivity index (χ0) is 28.9. The fourth-order valence-electron chi connectivity index (χ4n) is 6.85. The molecule has 0 spiro atoms. The number of anilines is 1. The molecule has 2 aliphatic carbocycles. The molecule has 1 heterocycles. The maximum atomic E-state index is 13.6. The largest absolute Gasteiger partial charge is 0.497 e. The van der Waals surface area contributed by atoms with Crippen LogP contribution in [0.1, 0.15) is 74.2 Å². The molecule has 5 rings (SSSR count). The SMILES string of the molecule is COc1cc(C(=O)NC(Cc2ccccc2)C(O)CC(C)C(=O)NC2CC3CCC2C3)cc(N2CCCCC2=O)c1. The molecule has 1 saturated heterocycles. The quantitative estimate of drug-likeness (QED) is 0.380. The first kappa shape index (κ1) is 29.1. The van der Waals surface area contributed by atoms with Crippen LogP contribution in [-0.4, -0.2) is 54.7 Å².